The summed E-state index contributed by atoms with van der Waals surface area (Å²) >= 11 is 0. The summed E-state index contributed by atoms with van der Waals surface area (Å²) in [4.78, 5) is 0. The number of hydrogen-bond donors (Lipinski definition) is 0. The normalized spacial score (nSPS) is 13.8. The zero-order valence-electron chi connectivity index (χ0n) is 24.5. The first-order valence-electron chi connectivity index (χ1n) is 15.6. The lowest BCUT2D eigenvalue weighted by Crippen LogP contribution is -2.04. The predicted octanol–water partition coefficient (Wildman–Crippen LogP) is 11.4. The van der Waals surface area contributed by atoms with E-state index in [1.54, 1.807) is 0 Å². The minimum Gasteiger partial charge on any atom is -0.192 e. The number of hydrogen-bond acceptors (Lipinski definition) is 2. The molecule has 0 aromatic heterocycles. The Hall–Kier alpha value is -5.44. The molecule has 1 saturated carbocycles. The summed E-state index contributed by atoms with van der Waals surface area (Å²) < 4.78 is 0. The van der Waals surface area contributed by atoms with Crippen LogP contribution in [0.25, 0.3) is 65.7 Å². The van der Waals surface area contributed by atoms with Gasteiger partial charge in [0.1, 0.15) is 0 Å². The van der Waals surface area contributed by atoms with Gasteiger partial charge in [0.05, 0.1) is 23.3 Å². The molecule has 208 valence electrons. The molecular formula is C42H30N2. The van der Waals surface area contributed by atoms with Crippen molar-refractivity contribution in [1.29, 1.82) is 10.5 Å². The Balaban J connectivity index is 1.39. The van der Waals surface area contributed by atoms with Crippen molar-refractivity contribution in [3.8, 4) is 45.5 Å². The first-order chi connectivity index (χ1) is 21.7. The lowest BCUT2D eigenvalue weighted by atomic mass is 9.82. The Morgan fingerprint density at radius 3 is 1.50 bits per heavy atom. The fourth-order valence-electron chi connectivity index (χ4n) is 7.45. The van der Waals surface area contributed by atoms with Crippen LogP contribution in [0, 0.1) is 22.7 Å². The van der Waals surface area contributed by atoms with Gasteiger partial charge in [-0.3, -0.25) is 0 Å². The van der Waals surface area contributed by atoms with Crippen LogP contribution < -0.4 is 0 Å². The second kappa shape index (κ2) is 10.7. The van der Waals surface area contributed by atoms with Gasteiger partial charge in [0, 0.05) is 0 Å². The molecule has 2 nitrogen and oxygen atoms in total. The van der Waals surface area contributed by atoms with Crippen molar-refractivity contribution in [2.45, 2.75) is 38.0 Å². The van der Waals surface area contributed by atoms with Gasteiger partial charge in [0.25, 0.3) is 0 Å². The van der Waals surface area contributed by atoms with Gasteiger partial charge in [0.15, 0.2) is 0 Å². The molecule has 0 atom stereocenters. The molecule has 2 heteroatoms. The first kappa shape index (κ1) is 26.2. The molecule has 0 N–H and O–H groups in total. The van der Waals surface area contributed by atoms with Gasteiger partial charge in [-0.25, -0.2) is 0 Å². The highest BCUT2D eigenvalue weighted by Gasteiger charge is 2.20. The van der Waals surface area contributed by atoms with E-state index in [2.05, 4.69) is 91.0 Å². The topological polar surface area (TPSA) is 47.6 Å². The van der Waals surface area contributed by atoms with Crippen LogP contribution in [0.1, 0.15) is 54.7 Å². The molecule has 0 aliphatic heterocycles. The van der Waals surface area contributed by atoms with Crippen molar-refractivity contribution in [3.05, 3.63) is 132 Å². The molecule has 0 heterocycles. The molecule has 0 amide bonds. The van der Waals surface area contributed by atoms with Crippen LogP contribution in [-0.2, 0) is 0 Å². The van der Waals surface area contributed by atoms with E-state index in [-0.39, 0.29) is 0 Å². The molecule has 0 saturated heterocycles. The number of nitriles is 2. The van der Waals surface area contributed by atoms with Crippen LogP contribution in [0.3, 0.4) is 0 Å². The Morgan fingerprint density at radius 2 is 0.932 bits per heavy atom. The van der Waals surface area contributed by atoms with Crippen molar-refractivity contribution >= 4 is 32.3 Å². The van der Waals surface area contributed by atoms with Gasteiger partial charge in [-0.05, 0) is 120 Å². The number of benzene rings is 7. The lowest BCUT2D eigenvalue weighted by molar-refractivity contribution is 0.443. The predicted molar refractivity (Wildman–Crippen MR) is 182 cm³/mol. The third kappa shape index (κ3) is 4.31. The molecule has 0 radical (unpaired) electrons. The van der Waals surface area contributed by atoms with Gasteiger partial charge in [-0.15, -0.1) is 0 Å². The van der Waals surface area contributed by atoms with Crippen LogP contribution >= 0.6 is 0 Å². The Morgan fingerprint density at radius 1 is 0.455 bits per heavy atom. The smallest absolute Gasteiger partial charge is 0.0991 e. The van der Waals surface area contributed by atoms with Gasteiger partial charge < -0.3 is 0 Å². The SMILES string of the molecule is N#Cc1ccc(-c2ccc3ccc4c(-c5ccc(C#N)cc5)cc(-c5ccc(C6CCCCC6)cc5)c5ccc2c3c45)cc1. The first-order valence-corrected chi connectivity index (χ1v) is 15.6. The fraction of sp³-hybridized carbons (Fsp3) is 0.143. The molecule has 0 unspecified atom stereocenters. The van der Waals surface area contributed by atoms with Crippen molar-refractivity contribution < 1.29 is 0 Å². The van der Waals surface area contributed by atoms with Crippen molar-refractivity contribution in [1.82, 2.24) is 0 Å². The van der Waals surface area contributed by atoms with Crippen molar-refractivity contribution in [2.75, 3.05) is 0 Å². The monoisotopic (exact) mass is 562 g/mol. The minimum atomic E-state index is 0.664. The Labute approximate surface area is 257 Å². The molecule has 1 aliphatic rings. The Bertz CT molecular complexity index is 2240. The van der Waals surface area contributed by atoms with E-state index < -0.39 is 0 Å². The highest BCUT2D eigenvalue weighted by Crippen LogP contribution is 2.46. The molecular weight excluding hydrogens is 532 g/mol. The van der Waals surface area contributed by atoms with Gasteiger partial charge in [-0.2, -0.15) is 10.5 Å². The van der Waals surface area contributed by atoms with Crippen LogP contribution in [0.4, 0.5) is 0 Å². The minimum absolute atomic E-state index is 0.664. The standard InChI is InChI=1S/C42H30N2/c43-25-27-6-10-31(11-7-27)35-20-18-34-19-21-37-39(32-12-8-28(26-44)9-13-32)24-40(38-23-22-36(35)41(34)42(37)38)33-16-14-30(15-17-33)29-4-2-1-3-5-29/h6-24,29H,1-5H2. The highest BCUT2D eigenvalue weighted by atomic mass is 14.3. The summed E-state index contributed by atoms with van der Waals surface area (Å²) in [5.74, 6) is 0.675. The maximum Gasteiger partial charge on any atom is 0.0991 e. The molecule has 1 fully saturated rings. The average Bonchev–Trinajstić information content (AvgIpc) is 3.11. The van der Waals surface area contributed by atoms with E-state index >= 15 is 0 Å². The van der Waals surface area contributed by atoms with Crippen LogP contribution in [0.5, 0.6) is 0 Å². The summed E-state index contributed by atoms with van der Waals surface area (Å²) in [6.07, 6.45) is 6.62. The van der Waals surface area contributed by atoms with E-state index in [1.807, 2.05) is 36.4 Å². The van der Waals surface area contributed by atoms with E-state index in [4.69, 9.17) is 0 Å². The molecule has 0 bridgehead atoms. The van der Waals surface area contributed by atoms with E-state index in [1.165, 1.54) is 92.2 Å². The largest absolute Gasteiger partial charge is 0.192 e. The molecule has 7 aromatic rings. The lowest BCUT2D eigenvalue weighted by Gasteiger charge is -2.22. The second-order valence-electron chi connectivity index (χ2n) is 12.2. The maximum atomic E-state index is 9.45. The van der Waals surface area contributed by atoms with Crippen molar-refractivity contribution in [2.24, 2.45) is 0 Å². The molecule has 44 heavy (non-hydrogen) atoms. The highest BCUT2D eigenvalue weighted by molar-refractivity contribution is 6.29. The van der Waals surface area contributed by atoms with Crippen LogP contribution in [0.15, 0.2) is 115 Å². The van der Waals surface area contributed by atoms with Crippen LogP contribution in [-0.4, -0.2) is 0 Å². The molecule has 8 rings (SSSR count). The summed E-state index contributed by atoms with van der Waals surface area (Å²) in [5, 5.41) is 26.2. The van der Waals surface area contributed by atoms with E-state index in [9.17, 15) is 10.5 Å². The average molecular weight is 563 g/mol. The molecule has 1 aliphatic carbocycles. The maximum absolute atomic E-state index is 9.45. The van der Waals surface area contributed by atoms with Gasteiger partial charge in [-0.1, -0.05) is 104 Å². The summed E-state index contributed by atoms with van der Waals surface area (Å²) in [5.41, 5.74) is 9.79. The van der Waals surface area contributed by atoms with Gasteiger partial charge in [0.2, 0.25) is 0 Å². The summed E-state index contributed by atoms with van der Waals surface area (Å²) in [6.45, 7) is 0. The summed E-state index contributed by atoms with van der Waals surface area (Å²) in [7, 11) is 0. The third-order valence-corrected chi connectivity index (χ3v) is 9.73. The number of nitrogens with zero attached hydrogens (tertiary/aromatic N) is 2. The van der Waals surface area contributed by atoms with E-state index in [0.717, 1.165) is 11.1 Å². The van der Waals surface area contributed by atoms with Crippen LogP contribution in [0.2, 0.25) is 0 Å². The second-order valence-corrected chi connectivity index (χ2v) is 12.2. The summed E-state index contributed by atoms with van der Waals surface area (Å²) in [6, 6.07) is 45.5. The molecule has 0 spiro atoms. The van der Waals surface area contributed by atoms with Gasteiger partial charge >= 0.3 is 0 Å². The van der Waals surface area contributed by atoms with Crippen molar-refractivity contribution in [3.63, 3.8) is 0 Å². The third-order valence-electron chi connectivity index (χ3n) is 9.73. The fourth-order valence-corrected chi connectivity index (χ4v) is 7.45. The Kier molecular flexibility index (Phi) is 6.36. The number of rotatable bonds is 4. The zero-order chi connectivity index (χ0) is 29.6. The molecule has 7 aromatic carbocycles. The van der Waals surface area contributed by atoms with E-state index in [0.29, 0.717) is 17.0 Å². The quantitative estimate of drug-likeness (QED) is 0.200. The zero-order valence-corrected chi connectivity index (χ0v) is 24.5.